The molecule has 1 aromatic carbocycles. The van der Waals surface area contributed by atoms with Crippen LogP contribution >= 0.6 is 0 Å². The fraction of sp³-hybridized carbons (Fsp3) is 0.250. The summed E-state index contributed by atoms with van der Waals surface area (Å²) in [7, 11) is 0. The number of hydrogen-bond donors (Lipinski definition) is 3. The first-order valence-electron chi connectivity index (χ1n) is 7.40. The first kappa shape index (κ1) is 18.4. The highest BCUT2D eigenvalue weighted by Crippen LogP contribution is 2.35. The van der Waals surface area contributed by atoms with E-state index in [4.69, 9.17) is 5.73 Å². The molecule has 4 N–H and O–H groups in total. The quantitative estimate of drug-likeness (QED) is 0.759. The third kappa shape index (κ3) is 5.00. The smallest absolute Gasteiger partial charge is 0.433 e. The molecule has 1 heterocycles. The minimum atomic E-state index is -4.69. The van der Waals surface area contributed by atoms with Crippen LogP contribution in [0.5, 0.6) is 0 Å². The number of anilines is 3. The van der Waals surface area contributed by atoms with Gasteiger partial charge >= 0.3 is 12.3 Å². The molecule has 0 aliphatic carbocycles. The number of halogens is 3. The van der Waals surface area contributed by atoms with Crippen molar-refractivity contribution in [2.75, 3.05) is 23.0 Å². The summed E-state index contributed by atoms with van der Waals surface area (Å²) in [6, 6.07) is 9.69. The molecule has 0 atom stereocenters. The van der Waals surface area contributed by atoms with Gasteiger partial charge in [0.15, 0.2) is 5.82 Å². The number of ether oxygens (including phenoxy) is 1. The zero-order chi connectivity index (χ0) is 18.4. The molecule has 0 saturated carbocycles. The second-order valence-corrected chi connectivity index (χ2v) is 5.00. The summed E-state index contributed by atoms with van der Waals surface area (Å²) >= 11 is 0. The van der Waals surface area contributed by atoms with Crippen LogP contribution in [0.1, 0.15) is 18.2 Å². The molecule has 134 valence electrons. The average Bonchev–Trinajstić information content (AvgIpc) is 2.55. The Balaban J connectivity index is 2.31. The molecule has 1 aromatic heterocycles. The third-order valence-electron chi connectivity index (χ3n) is 3.16. The largest absolute Gasteiger partial charge is 0.450 e. The third-order valence-corrected chi connectivity index (χ3v) is 3.16. The van der Waals surface area contributed by atoms with Crippen LogP contribution in [-0.2, 0) is 17.5 Å². The molecular weight excluding hydrogens is 337 g/mol. The van der Waals surface area contributed by atoms with Gasteiger partial charge in [0.25, 0.3) is 0 Å². The fourth-order valence-electron chi connectivity index (χ4n) is 2.00. The summed E-state index contributed by atoms with van der Waals surface area (Å²) in [5.74, 6) is -0.175. The lowest BCUT2D eigenvalue weighted by Gasteiger charge is -2.16. The van der Waals surface area contributed by atoms with Gasteiger partial charge in [-0.1, -0.05) is 30.3 Å². The van der Waals surface area contributed by atoms with Crippen molar-refractivity contribution in [1.29, 1.82) is 0 Å². The topological polar surface area (TPSA) is 89.3 Å². The molecular formula is C16H17F3N4O2. The van der Waals surface area contributed by atoms with Gasteiger partial charge in [-0.25, -0.2) is 9.78 Å². The molecule has 6 nitrogen and oxygen atoms in total. The molecule has 2 rings (SSSR count). The predicted molar refractivity (Wildman–Crippen MR) is 88.1 cm³/mol. The van der Waals surface area contributed by atoms with Crippen LogP contribution in [0, 0.1) is 0 Å². The van der Waals surface area contributed by atoms with E-state index < -0.39 is 18.0 Å². The molecule has 2 aromatic rings. The zero-order valence-corrected chi connectivity index (χ0v) is 13.4. The maximum absolute atomic E-state index is 13.1. The number of nitrogens with two attached hydrogens (primary N) is 1. The molecule has 0 saturated heterocycles. The predicted octanol–water partition coefficient (Wildman–Crippen LogP) is 3.86. The number of pyridine rings is 1. The number of aromatic nitrogens is 1. The molecule has 0 radical (unpaired) electrons. The van der Waals surface area contributed by atoms with Crippen LogP contribution in [0.15, 0.2) is 36.4 Å². The highest BCUT2D eigenvalue weighted by atomic mass is 19.4. The number of nitrogens with one attached hydrogen (secondary N) is 2. The van der Waals surface area contributed by atoms with Gasteiger partial charge < -0.3 is 15.8 Å². The van der Waals surface area contributed by atoms with Gasteiger partial charge in [0.2, 0.25) is 0 Å². The van der Waals surface area contributed by atoms with Gasteiger partial charge in [-0.2, -0.15) is 13.2 Å². The second kappa shape index (κ2) is 7.73. The first-order valence-corrected chi connectivity index (χ1v) is 7.40. The number of hydrogen-bond acceptors (Lipinski definition) is 5. The van der Waals surface area contributed by atoms with E-state index in [2.05, 4.69) is 20.4 Å². The van der Waals surface area contributed by atoms with Crippen LogP contribution in [-0.4, -0.2) is 17.7 Å². The number of nitrogen functional groups attached to an aromatic ring is 1. The van der Waals surface area contributed by atoms with E-state index in [1.807, 2.05) is 6.07 Å². The number of benzene rings is 1. The zero-order valence-electron chi connectivity index (χ0n) is 13.4. The van der Waals surface area contributed by atoms with Crippen molar-refractivity contribution in [3.8, 4) is 0 Å². The number of rotatable bonds is 5. The Bertz CT molecular complexity index is 736. The van der Waals surface area contributed by atoms with Crippen LogP contribution in [0.25, 0.3) is 0 Å². The van der Waals surface area contributed by atoms with E-state index in [0.717, 1.165) is 5.56 Å². The molecule has 0 aliphatic heterocycles. The minimum Gasteiger partial charge on any atom is -0.450 e. The van der Waals surface area contributed by atoms with Gasteiger partial charge in [0, 0.05) is 6.54 Å². The van der Waals surface area contributed by atoms with E-state index >= 15 is 0 Å². The van der Waals surface area contributed by atoms with E-state index in [1.165, 1.54) is 0 Å². The summed E-state index contributed by atoms with van der Waals surface area (Å²) in [4.78, 5) is 15.0. The normalized spacial score (nSPS) is 11.0. The monoisotopic (exact) mass is 354 g/mol. The Kier molecular flexibility index (Phi) is 5.68. The van der Waals surface area contributed by atoms with Crippen molar-refractivity contribution in [3.05, 3.63) is 47.7 Å². The fourth-order valence-corrected chi connectivity index (χ4v) is 2.00. The average molecular weight is 354 g/mol. The van der Waals surface area contributed by atoms with Crippen molar-refractivity contribution in [3.63, 3.8) is 0 Å². The van der Waals surface area contributed by atoms with Crippen molar-refractivity contribution in [2.45, 2.75) is 19.6 Å². The highest BCUT2D eigenvalue weighted by Gasteiger charge is 2.34. The van der Waals surface area contributed by atoms with Crippen LogP contribution in [0.4, 0.5) is 35.2 Å². The molecule has 9 heteroatoms. The number of alkyl halides is 3. The summed E-state index contributed by atoms with van der Waals surface area (Å²) in [6.07, 6.45) is -5.59. The second-order valence-electron chi connectivity index (χ2n) is 5.00. The number of carbonyl (C=O) groups is 1. The van der Waals surface area contributed by atoms with E-state index in [0.29, 0.717) is 6.07 Å². The van der Waals surface area contributed by atoms with Crippen LogP contribution in [0.3, 0.4) is 0 Å². The summed E-state index contributed by atoms with van der Waals surface area (Å²) in [6.45, 7) is 1.86. The standard InChI is InChI=1S/C16H17F3N4O2/c1-2-25-15(24)22-11-8-12(16(17,18)19)23-14(13(11)20)21-9-10-6-4-3-5-7-10/h3-8H,2,9,20H2,1H3,(H2,21,22,23,24). The Morgan fingerprint density at radius 1 is 1.28 bits per heavy atom. The molecule has 0 spiro atoms. The number of nitrogens with zero attached hydrogens (tertiary/aromatic N) is 1. The Morgan fingerprint density at radius 3 is 2.56 bits per heavy atom. The van der Waals surface area contributed by atoms with E-state index in [-0.39, 0.29) is 30.3 Å². The van der Waals surface area contributed by atoms with Crippen molar-refractivity contribution in [2.24, 2.45) is 0 Å². The summed E-state index contributed by atoms with van der Waals surface area (Å²) < 4.78 is 43.8. The number of carbonyl (C=O) groups excluding carboxylic acids is 1. The van der Waals surface area contributed by atoms with Gasteiger partial charge in [-0.3, -0.25) is 5.32 Å². The summed E-state index contributed by atoms with van der Waals surface area (Å²) in [5.41, 5.74) is 5.16. The lowest BCUT2D eigenvalue weighted by Crippen LogP contribution is -2.18. The SMILES string of the molecule is CCOC(=O)Nc1cc(C(F)(F)F)nc(NCc2ccccc2)c1N. The van der Waals surface area contributed by atoms with Crippen molar-refractivity contribution in [1.82, 2.24) is 4.98 Å². The van der Waals surface area contributed by atoms with Gasteiger partial charge in [-0.05, 0) is 18.6 Å². The molecule has 0 fully saturated rings. The Labute approximate surface area is 142 Å². The van der Waals surface area contributed by atoms with Crippen LogP contribution < -0.4 is 16.4 Å². The van der Waals surface area contributed by atoms with Gasteiger partial charge in [-0.15, -0.1) is 0 Å². The maximum Gasteiger partial charge on any atom is 0.433 e. The first-order chi connectivity index (χ1) is 11.8. The van der Waals surface area contributed by atoms with Gasteiger partial charge in [0.05, 0.1) is 18.0 Å². The molecule has 25 heavy (non-hydrogen) atoms. The highest BCUT2D eigenvalue weighted by molar-refractivity contribution is 5.92. The molecule has 1 amide bonds. The Hall–Kier alpha value is -2.97. The van der Waals surface area contributed by atoms with E-state index in [1.54, 1.807) is 31.2 Å². The van der Waals surface area contributed by atoms with Crippen molar-refractivity contribution >= 4 is 23.3 Å². The van der Waals surface area contributed by atoms with E-state index in [9.17, 15) is 18.0 Å². The van der Waals surface area contributed by atoms with Crippen LogP contribution in [0.2, 0.25) is 0 Å². The maximum atomic E-state index is 13.1. The summed E-state index contributed by atoms with van der Waals surface area (Å²) in [5, 5.41) is 4.96. The molecule has 0 bridgehead atoms. The molecule has 0 unspecified atom stereocenters. The number of amides is 1. The molecule has 0 aliphatic rings. The minimum absolute atomic E-state index is 0.0715. The lowest BCUT2D eigenvalue weighted by atomic mass is 10.2. The van der Waals surface area contributed by atoms with Crippen molar-refractivity contribution < 1.29 is 22.7 Å². The van der Waals surface area contributed by atoms with Gasteiger partial charge in [0.1, 0.15) is 5.69 Å². The lowest BCUT2D eigenvalue weighted by molar-refractivity contribution is -0.141. The Morgan fingerprint density at radius 2 is 1.96 bits per heavy atom.